The lowest BCUT2D eigenvalue weighted by atomic mass is 9.51. The van der Waals surface area contributed by atoms with Crippen molar-refractivity contribution in [3.8, 4) is 11.5 Å². The average molecular weight is 595 g/mol. The van der Waals surface area contributed by atoms with Crippen LogP contribution in [0.3, 0.4) is 0 Å². The lowest BCUT2D eigenvalue weighted by molar-refractivity contribution is -0.145. The molecule has 8 nitrogen and oxygen atoms in total. The number of fused-ring (bicyclic) bond motifs is 4. The number of aromatic hydroxyl groups is 1. The Labute approximate surface area is 248 Å². The summed E-state index contributed by atoms with van der Waals surface area (Å²) in [6, 6.07) is 8.58. The van der Waals surface area contributed by atoms with Crippen LogP contribution >= 0.6 is 11.6 Å². The lowest BCUT2D eigenvalue weighted by Crippen LogP contribution is -2.49. The maximum absolute atomic E-state index is 14.4. The number of benzene rings is 2. The van der Waals surface area contributed by atoms with Gasteiger partial charge in [-0.25, -0.2) is 9.29 Å². The van der Waals surface area contributed by atoms with Crippen molar-refractivity contribution in [2.24, 2.45) is 29.1 Å². The van der Waals surface area contributed by atoms with E-state index >= 15 is 0 Å². The number of rotatable bonds is 3. The molecular weight excluding hydrogens is 563 g/mol. The van der Waals surface area contributed by atoms with E-state index in [-0.39, 0.29) is 40.4 Å². The van der Waals surface area contributed by atoms with Crippen molar-refractivity contribution in [3.63, 3.8) is 0 Å². The van der Waals surface area contributed by atoms with Crippen molar-refractivity contribution in [2.75, 3.05) is 12.0 Å². The molecule has 6 rings (SSSR count). The molecule has 6 unspecified atom stereocenters. The second-order valence-electron chi connectivity index (χ2n) is 12.9. The number of hydrogen-bond donors (Lipinski definition) is 1. The molecule has 42 heavy (non-hydrogen) atoms. The highest BCUT2D eigenvalue weighted by molar-refractivity contribution is 6.31. The zero-order chi connectivity index (χ0) is 30.5. The third-order valence-corrected chi connectivity index (χ3v) is 9.93. The number of amides is 4. The second-order valence-corrected chi connectivity index (χ2v) is 13.3. The smallest absolute Gasteiger partial charge is 0.241 e. The molecule has 0 aromatic heterocycles. The van der Waals surface area contributed by atoms with Gasteiger partial charge in [0.05, 0.1) is 41.0 Å². The molecule has 2 aromatic rings. The fraction of sp³-hybridized carbons (Fsp3) is 0.438. The van der Waals surface area contributed by atoms with Crippen LogP contribution in [0.15, 0.2) is 48.0 Å². The number of anilines is 1. The molecule has 2 aromatic carbocycles. The Morgan fingerprint density at radius 3 is 2.36 bits per heavy atom. The van der Waals surface area contributed by atoms with E-state index in [1.165, 1.54) is 30.2 Å². The number of hydrogen-bond acceptors (Lipinski definition) is 6. The first-order chi connectivity index (χ1) is 19.7. The predicted molar refractivity (Wildman–Crippen MR) is 152 cm³/mol. The van der Waals surface area contributed by atoms with Gasteiger partial charge in [-0.3, -0.25) is 24.1 Å². The first-order valence-electron chi connectivity index (χ1n) is 14.0. The van der Waals surface area contributed by atoms with Gasteiger partial charge in [-0.05, 0) is 82.3 Å². The molecule has 0 bridgehead atoms. The van der Waals surface area contributed by atoms with Crippen molar-refractivity contribution >= 4 is 40.9 Å². The second kappa shape index (κ2) is 9.39. The molecular formula is C32H32ClFN2O6. The summed E-state index contributed by atoms with van der Waals surface area (Å²) in [5.74, 6) is -5.26. The van der Waals surface area contributed by atoms with Gasteiger partial charge in [0.25, 0.3) is 0 Å². The van der Waals surface area contributed by atoms with Gasteiger partial charge >= 0.3 is 0 Å². The highest BCUT2D eigenvalue weighted by atomic mass is 35.5. The first kappa shape index (κ1) is 28.4. The molecule has 1 saturated carbocycles. The van der Waals surface area contributed by atoms with Crippen LogP contribution in [0.25, 0.3) is 0 Å². The van der Waals surface area contributed by atoms with Gasteiger partial charge in [-0.15, -0.1) is 0 Å². The van der Waals surface area contributed by atoms with E-state index < -0.39 is 58.2 Å². The topological polar surface area (TPSA) is 104 Å². The Balaban J connectivity index is 1.53. The van der Waals surface area contributed by atoms with Crippen molar-refractivity contribution in [3.05, 3.63) is 64.5 Å². The normalized spacial score (nSPS) is 30.7. The minimum Gasteiger partial charge on any atom is -0.504 e. The number of halogens is 2. The van der Waals surface area contributed by atoms with Gasteiger partial charge in [-0.1, -0.05) is 29.3 Å². The molecule has 2 heterocycles. The highest BCUT2D eigenvalue weighted by Gasteiger charge is 2.68. The number of ether oxygens (including phenoxy) is 1. The Morgan fingerprint density at radius 2 is 1.74 bits per heavy atom. The summed E-state index contributed by atoms with van der Waals surface area (Å²) in [5.41, 5.74) is -0.474. The molecule has 3 fully saturated rings. The molecule has 1 N–H and O–H groups in total. The number of carbonyl (C=O) groups excluding carboxylic acids is 4. The zero-order valence-electron chi connectivity index (χ0n) is 24.0. The Bertz CT molecular complexity index is 1600. The van der Waals surface area contributed by atoms with E-state index in [1.807, 2.05) is 26.8 Å². The first-order valence-corrected chi connectivity index (χ1v) is 14.4. The van der Waals surface area contributed by atoms with Crippen molar-refractivity contribution < 1.29 is 33.4 Å². The number of carbonyl (C=O) groups is 4. The Hall–Kier alpha value is -3.72. The number of likely N-dealkylation sites (tertiary alicyclic amines) is 1. The fourth-order valence-electron chi connectivity index (χ4n) is 7.81. The van der Waals surface area contributed by atoms with E-state index in [4.69, 9.17) is 16.3 Å². The van der Waals surface area contributed by atoms with Gasteiger partial charge in [-0.2, -0.15) is 0 Å². The summed E-state index contributed by atoms with van der Waals surface area (Å²) in [7, 11) is 1.43. The van der Waals surface area contributed by atoms with Gasteiger partial charge in [0.1, 0.15) is 5.82 Å². The monoisotopic (exact) mass is 594 g/mol. The van der Waals surface area contributed by atoms with Crippen molar-refractivity contribution in [1.82, 2.24) is 4.90 Å². The fourth-order valence-corrected chi connectivity index (χ4v) is 7.99. The lowest BCUT2D eigenvalue weighted by Gasteiger charge is -2.49. The maximum Gasteiger partial charge on any atom is 0.241 e. The number of allylic oxidation sites excluding steroid dienone is 2. The Kier molecular flexibility index (Phi) is 6.35. The molecule has 4 aliphatic rings. The summed E-state index contributed by atoms with van der Waals surface area (Å²) >= 11 is 6.04. The molecule has 0 radical (unpaired) electrons. The van der Waals surface area contributed by atoms with Gasteiger partial charge in [0.15, 0.2) is 11.5 Å². The molecule has 10 heteroatoms. The van der Waals surface area contributed by atoms with E-state index in [9.17, 15) is 28.7 Å². The number of phenolic OH excluding ortho intramolecular Hbond substituents is 1. The summed E-state index contributed by atoms with van der Waals surface area (Å²) in [5, 5.41) is 10.5. The van der Waals surface area contributed by atoms with E-state index in [0.29, 0.717) is 12.0 Å². The van der Waals surface area contributed by atoms with Gasteiger partial charge in [0.2, 0.25) is 23.6 Å². The SMILES string of the molecule is COc1ccc(C2C3=CCC4C(=O)N(C(C)(C)C)C(=O)C4C3CC3C(=O)N(c4ccc(F)c(Cl)c4)C(=O)C32C)cc1O. The molecule has 6 atom stereocenters. The van der Waals surface area contributed by atoms with Crippen LogP contribution in [0.4, 0.5) is 10.1 Å². The summed E-state index contributed by atoms with van der Waals surface area (Å²) < 4.78 is 19.3. The van der Waals surface area contributed by atoms with Crippen LogP contribution in [0.2, 0.25) is 5.02 Å². The van der Waals surface area contributed by atoms with Crippen LogP contribution in [0.5, 0.6) is 11.5 Å². The highest BCUT2D eigenvalue weighted by Crippen LogP contribution is 2.64. The molecule has 2 aliphatic carbocycles. The average Bonchev–Trinajstić information content (AvgIpc) is 3.30. The molecule has 2 saturated heterocycles. The van der Waals surface area contributed by atoms with Crippen LogP contribution in [-0.2, 0) is 19.2 Å². The van der Waals surface area contributed by atoms with Crippen molar-refractivity contribution in [1.29, 1.82) is 0 Å². The largest absolute Gasteiger partial charge is 0.504 e. The van der Waals surface area contributed by atoms with E-state index in [0.717, 1.165) is 16.5 Å². The number of methoxy groups -OCH3 is 1. The Morgan fingerprint density at radius 1 is 1.02 bits per heavy atom. The third kappa shape index (κ3) is 3.78. The van der Waals surface area contributed by atoms with Gasteiger partial charge in [0, 0.05) is 11.5 Å². The van der Waals surface area contributed by atoms with Gasteiger partial charge < -0.3 is 9.84 Å². The molecule has 4 amide bonds. The minimum absolute atomic E-state index is 0.128. The van der Waals surface area contributed by atoms with Crippen LogP contribution in [0, 0.1) is 34.9 Å². The summed E-state index contributed by atoms with van der Waals surface area (Å²) in [6.07, 6.45) is 2.47. The quantitative estimate of drug-likeness (QED) is 0.386. The summed E-state index contributed by atoms with van der Waals surface area (Å²) in [6.45, 7) is 7.20. The number of imide groups is 2. The minimum atomic E-state index is -1.30. The molecule has 2 aliphatic heterocycles. The zero-order valence-corrected chi connectivity index (χ0v) is 24.7. The summed E-state index contributed by atoms with van der Waals surface area (Å²) in [4.78, 5) is 58.4. The van der Waals surface area contributed by atoms with E-state index in [2.05, 4.69) is 0 Å². The molecule has 220 valence electrons. The van der Waals surface area contributed by atoms with Crippen LogP contribution < -0.4 is 9.64 Å². The number of nitrogens with zero attached hydrogens (tertiary/aromatic N) is 2. The standard InChI is InChI=1S/C32H32ClFN2O6/c1-31(2,3)36-27(38)18-9-8-17-19(25(18)29(36)40)14-20-28(39)35(16-7-10-22(34)21(33)13-16)30(41)32(20,4)26(17)15-6-11-24(42-5)23(37)12-15/h6-8,10-13,18-20,25-26,37H,9,14H2,1-5H3. The third-order valence-electron chi connectivity index (χ3n) is 9.64. The maximum atomic E-state index is 14.4. The van der Waals surface area contributed by atoms with Crippen molar-refractivity contribution in [2.45, 2.75) is 52.0 Å². The van der Waals surface area contributed by atoms with Crippen LogP contribution in [-0.4, -0.2) is 46.3 Å². The van der Waals surface area contributed by atoms with Crippen LogP contribution in [0.1, 0.15) is 52.0 Å². The molecule has 0 spiro atoms. The van der Waals surface area contributed by atoms with E-state index in [1.54, 1.807) is 19.1 Å². The number of phenols is 1. The predicted octanol–water partition coefficient (Wildman–Crippen LogP) is 5.22.